The molecular formula is C23H20N6O. The van der Waals surface area contributed by atoms with E-state index in [2.05, 4.69) is 26.2 Å². The Labute approximate surface area is 173 Å². The molecule has 1 aliphatic carbocycles. The SMILES string of the molecule is [C-]#[N+]c1c(-c2c(-c3ccc4c(=O)[nH]nc(CN)c4c3)cnn2C)cccc1C1CC1. The molecule has 0 atom stereocenters. The van der Waals surface area contributed by atoms with Gasteiger partial charge in [0, 0.05) is 30.1 Å². The number of H-pyrrole nitrogens is 1. The second kappa shape index (κ2) is 6.94. The number of nitrogens with two attached hydrogens (primary N) is 1. The molecule has 2 heterocycles. The number of fused-ring (bicyclic) bond motifs is 1. The molecule has 0 spiro atoms. The van der Waals surface area contributed by atoms with Crippen LogP contribution < -0.4 is 11.3 Å². The lowest BCUT2D eigenvalue weighted by atomic mass is 9.95. The van der Waals surface area contributed by atoms with Gasteiger partial charge in [-0.25, -0.2) is 9.94 Å². The maximum absolute atomic E-state index is 12.2. The third-order valence-electron chi connectivity index (χ3n) is 5.76. The number of nitrogens with one attached hydrogen (secondary N) is 1. The van der Waals surface area contributed by atoms with Crippen LogP contribution in [0.25, 0.3) is 38.0 Å². The molecule has 2 aromatic heterocycles. The van der Waals surface area contributed by atoms with Gasteiger partial charge in [-0.3, -0.25) is 9.48 Å². The lowest BCUT2D eigenvalue weighted by Gasteiger charge is -2.12. The number of nitrogens with zero attached hydrogens (tertiary/aromatic N) is 4. The van der Waals surface area contributed by atoms with Crippen molar-refractivity contribution in [2.45, 2.75) is 25.3 Å². The fraction of sp³-hybridized carbons (Fsp3) is 0.217. The number of para-hydroxylation sites is 1. The van der Waals surface area contributed by atoms with Crippen molar-refractivity contribution in [3.05, 3.63) is 75.6 Å². The first kappa shape index (κ1) is 18.3. The summed E-state index contributed by atoms with van der Waals surface area (Å²) in [5, 5.41) is 12.3. The number of rotatable bonds is 4. The van der Waals surface area contributed by atoms with Crippen LogP contribution in [0, 0.1) is 6.57 Å². The van der Waals surface area contributed by atoms with E-state index in [0.717, 1.165) is 46.2 Å². The van der Waals surface area contributed by atoms with Crippen LogP contribution in [0.4, 0.5) is 5.69 Å². The summed E-state index contributed by atoms with van der Waals surface area (Å²) in [6.45, 7) is 8.04. The molecule has 1 fully saturated rings. The second-order valence-corrected chi connectivity index (χ2v) is 7.62. The number of aromatic nitrogens is 4. The summed E-state index contributed by atoms with van der Waals surface area (Å²) in [5.74, 6) is 0.483. The summed E-state index contributed by atoms with van der Waals surface area (Å²) >= 11 is 0. The summed E-state index contributed by atoms with van der Waals surface area (Å²) in [7, 11) is 1.88. The minimum absolute atomic E-state index is 0.224. The molecule has 1 aliphatic rings. The van der Waals surface area contributed by atoms with E-state index in [9.17, 15) is 4.79 Å². The first-order valence-electron chi connectivity index (χ1n) is 9.87. The van der Waals surface area contributed by atoms with Crippen molar-refractivity contribution >= 4 is 16.5 Å². The highest BCUT2D eigenvalue weighted by Gasteiger charge is 2.28. The first-order chi connectivity index (χ1) is 14.6. The van der Waals surface area contributed by atoms with E-state index < -0.39 is 0 Å². The topological polar surface area (TPSA) is 93.9 Å². The van der Waals surface area contributed by atoms with Crippen molar-refractivity contribution in [2.75, 3.05) is 0 Å². The molecule has 4 aromatic rings. The zero-order valence-electron chi connectivity index (χ0n) is 16.5. The molecule has 3 N–H and O–H groups in total. The molecule has 0 radical (unpaired) electrons. The predicted molar refractivity (Wildman–Crippen MR) is 116 cm³/mol. The highest BCUT2D eigenvalue weighted by Crippen LogP contribution is 2.48. The van der Waals surface area contributed by atoms with Crippen LogP contribution in [0.2, 0.25) is 0 Å². The highest BCUT2D eigenvalue weighted by atomic mass is 16.1. The van der Waals surface area contributed by atoms with Gasteiger partial charge in [-0.2, -0.15) is 10.2 Å². The fourth-order valence-electron chi connectivity index (χ4n) is 4.11. The van der Waals surface area contributed by atoms with E-state index in [-0.39, 0.29) is 12.1 Å². The third-order valence-corrected chi connectivity index (χ3v) is 5.76. The summed E-state index contributed by atoms with van der Waals surface area (Å²) in [6.07, 6.45) is 4.08. The minimum Gasteiger partial charge on any atom is -0.325 e. The number of hydrogen-bond donors (Lipinski definition) is 2. The van der Waals surface area contributed by atoms with E-state index in [4.69, 9.17) is 12.3 Å². The Morgan fingerprint density at radius 2 is 2.07 bits per heavy atom. The molecular weight excluding hydrogens is 376 g/mol. The average Bonchev–Trinajstić information content (AvgIpc) is 3.55. The van der Waals surface area contributed by atoms with Crippen LogP contribution in [-0.2, 0) is 13.6 Å². The normalized spacial score (nSPS) is 13.5. The monoisotopic (exact) mass is 396 g/mol. The predicted octanol–water partition coefficient (Wildman–Crippen LogP) is 3.88. The second-order valence-electron chi connectivity index (χ2n) is 7.62. The van der Waals surface area contributed by atoms with Crippen molar-refractivity contribution in [3.63, 3.8) is 0 Å². The molecule has 7 heteroatoms. The maximum atomic E-state index is 12.2. The van der Waals surface area contributed by atoms with Crippen molar-refractivity contribution in [2.24, 2.45) is 12.8 Å². The zero-order chi connectivity index (χ0) is 20.8. The van der Waals surface area contributed by atoms with Gasteiger partial charge in [0.05, 0.1) is 29.5 Å². The number of benzene rings is 2. The van der Waals surface area contributed by atoms with Crippen molar-refractivity contribution in [1.82, 2.24) is 20.0 Å². The van der Waals surface area contributed by atoms with E-state index in [1.165, 1.54) is 0 Å². The molecule has 0 saturated heterocycles. The van der Waals surface area contributed by atoms with Gasteiger partial charge in [-0.05, 0) is 42.0 Å². The minimum atomic E-state index is -0.243. The van der Waals surface area contributed by atoms with Gasteiger partial charge < -0.3 is 5.73 Å². The van der Waals surface area contributed by atoms with Crippen LogP contribution in [0.3, 0.4) is 0 Å². The number of aryl methyl sites for hydroxylation is 1. The maximum Gasteiger partial charge on any atom is 0.272 e. The zero-order valence-corrected chi connectivity index (χ0v) is 16.5. The standard InChI is InChI=1S/C23H20N6O/c1-25-21-15(13-6-7-13)4-3-5-17(21)22-19(12-26-29(22)2)14-8-9-16-18(10-14)20(11-24)27-28-23(16)30/h3-5,8-10,12-13H,6-7,11,24H2,2H3,(H,28,30). The molecule has 7 nitrogen and oxygen atoms in total. The number of hydrogen-bond acceptors (Lipinski definition) is 4. The Kier molecular flexibility index (Phi) is 4.23. The van der Waals surface area contributed by atoms with Crippen molar-refractivity contribution < 1.29 is 0 Å². The Hall–Kier alpha value is -3.76. The van der Waals surface area contributed by atoms with Gasteiger partial charge in [0.15, 0.2) is 5.69 Å². The van der Waals surface area contributed by atoms with Crippen LogP contribution >= 0.6 is 0 Å². The van der Waals surface area contributed by atoms with Gasteiger partial charge in [0.2, 0.25) is 0 Å². The Morgan fingerprint density at radius 3 is 2.80 bits per heavy atom. The van der Waals surface area contributed by atoms with E-state index in [1.54, 1.807) is 16.9 Å². The molecule has 0 bridgehead atoms. The Bertz CT molecular complexity index is 1390. The van der Waals surface area contributed by atoms with Crippen molar-refractivity contribution in [1.29, 1.82) is 0 Å². The summed E-state index contributed by atoms with van der Waals surface area (Å²) in [5.41, 5.74) is 11.6. The van der Waals surface area contributed by atoms with E-state index >= 15 is 0 Å². The van der Waals surface area contributed by atoms with Gasteiger partial charge in [0.25, 0.3) is 5.56 Å². The average molecular weight is 396 g/mol. The fourth-order valence-corrected chi connectivity index (χ4v) is 4.11. The van der Waals surface area contributed by atoms with Crippen LogP contribution in [0.15, 0.2) is 47.4 Å². The lowest BCUT2D eigenvalue weighted by Crippen LogP contribution is -2.13. The summed E-state index contributed by atoms with van der Waals surface area (Å²) in [6, 6.07) is 11.7. The molecule has 30 heavy (non-hydrogen) atoms. The molecule has 0 amide bonds. The summed E-state index contributed by atoms with van der Waals surface area (Å²) in [4.78, 5) is 16.1. The van der Waals surface area contributed by atoms with Gasteiger partial charge in [0.1, 0.15) is 0 Å². The molecule has 0 unspecified atom stereocenters. The number of aromatic amines is 1. The molecule has 0 aliphatic heterocycles. The van der Waals surface area contributed by atoms with Gasteiger partial charge in [-0.15, -0.1) is 0 Å². The largest absolute Gasteiger partial charge is 0.325 e. The van der Waals surface area contributed by atoms with Crippen LogP contribution in [0.1, 0.15) is 30.0 Å². The van der Waals surface area contributed by atoms with Gasteiger partial charge >= 0.3 is 0 Å². The van der Waals surface area contributed by atoms with Gasteiger partial charge in [-0.1, -0.05) is 24.3 Å². The van der Waals surface area contributed by atoms with Crippen molar-refractivity contribution in [3.8, 4) is 22.4 Å². The summed E-state index contributed by atoms with van der Waals surface area (Å²) < 4.78 is 1.81. The smallest absolute Gasteiger partial charge is 0.272 e. The quantitative estimate of drug-likeness (QED) is 0.512. The molecule has 5 rings (SSSR count). The first-order valence-corrected chi connectivity index (χ1v) is 9.87. The molecule has 1 saturated carbocycles. The Balaban J connectivity index is 1.74. The lowest BCUT2D eigenvalue weighted by molar-refractivity contribution is 0.776. The highest BCUT2D eigenvalue weighted by molar-refractivity contribution is 5.93. The van der Waals surface area contributed by atoms with E-state index in [1.807, 2.05) is 31.3 Å². The van der Waals surface area contributed by atoms with Crippen LogP contribution in [0.5, 0.6) is 0 Å². The Morgan fingerprint density at radius 1 is 1.23 bits per heavy atom. The van der Waals surface area contributed by atoms with Crippen LogP contribution in [-0.4, -0.2) is 20.0 Å². The van der Waals surface area contributed by atoms with E-state index in [0.29, 0.717) is 22.7 Å². The molecule has 2 aromatic carbocycles. The molecule has 148 valence electrons. The third kappa shape index (κ3) is 2.81.